The van der Waals surface area contributed by atoms with Crippen molar-refractivity contribution >= 4 is 5.97 Å². The highest BCUT2D eigenvalue weighted by Gasteiger charge is 2.42. The van der Waals surface area contributed by atoms with Gasteiger partial charge in [0.1, 0.15) is 0 Å². The smallest absolute Gasteiger partial charge is 0.304 e. The van der Waals surface area contributed by atoms with Crippen LogP contribution in [0.2, 0.25) is 0 Å². The molecule has 2 saturated carbocycles. The van der Waals surface area contributed by atoms with Crippen LogP contribution in [0.4, 0.5) is 0 Å². The molecule has 1 unspecified atom stereocenters. The second kappa shape index (κ2) is 6.02. The van der Waals surface area contributed by atoms with Gasteiger partial charge < -0.3 is 9.84 Å². The molecule has 0 radical (unpaired) electrons. The van der Waals surface area contributed by atoms with E-state index in [0.29, 0.717) is 18.7 Å². The molecule has 0 aromatic heterocycles. The van der Waals surface area contributed by atoms with E-state index in [1.54, 1.807) is 0 Å². The Bertz CT molecular complexity index is 348. The van der Waals surface area contributed by atoms with Crippen molar-refractivity contribution in [1.29, 1.82) is 0 Å². The molecule has 3 fully saturated rings. The van der Waals surface area contributed by atoms with Gasteiger partial charge >= 0.3 is 5.97 Å². The molecule has 4 nitrogen and oxygen atoms in total. The van der Waals surface area contributed by atoms with E-state index in [1.807, 2.05) is 0 Å². The number of carboxylic acid groups (broad SMARTS) is 1. The Morgan fingerprint density at radius 3 is 2.55 bits per heavy atom. The summed E-state index contributed by atoms with van der Waals surface area (Å²) in [7, 11) is 0. The number of aliphatic carboxylic acids is 1. The van der Waals surface area contributed by atoms with Gasteiger partial charge in [0, 0.05) is 19.1 Å². The van der Waals surface area contributed by atoms with Gasteiger partial charge in [-0.3, -0.25) is 9.69 Å². The zero-order valence-electron chi connectivity index (χ0n) is 12.4. The third-order valence-electron chi connectivity index (χ3n) is 5.22. The maximum Gasteiger partial charge on any atom is 0.304 e. The van der Waals surface area contributed by atoms with Crippen LogP contribution in [0, 0.1) is 0 Å². The fourth-order valence-corrected chi connectivity index (χ4v) is 3.95. The lowest BCUT2D eigenvalue weighted by Gasteiger charge is -2.34. The van der Waals surface area contributed by atoms with Gasteiger partial charge in [-0.25, -0.2) is 0 Å². The average molecular weight is 281 g/mol. The Morgan fingerprint density at radius 2 is 1.90 bits per heavy atom. The van der Waals surface area contributed by atoms with Crippen molar-refractivity contribution in [2.24, 2.45) is 0 Å². The van der Waals surface area contributed by atoms with Gasteiger partial charge in [0.05, 0.1) is 18.1 Å². The molecule has 4 heteroatoms. The summed E-state index contributed by atoms with van der Waals surface area (Å²) >= 11 is 0. The quantitative estimate of drug-likeness (QED) is 0.813. The average Bonchev–Trinajstić information content (AvgIpc) is 3.20. The Kier molecular flexibility index (Phi) is 4.32. The third-order valence-corrected chi connectivity index (χ3v) is 5.22. The third kappa shape index (κ3) is 3.53. The van der Waals surface area contributed by atoms with Gasteiger partial charge in [-0.2, -0.15) is 0 Å². The lowest BCUT2D eigenvalue weighted by atomic mass is 9.83. The van der Waals surface area contributed by atoms with Crippen molar-refractivity contribution in [1.82, 2.24) is 4.90 Å². The number of hydrogen-bond donors (Lipinski definition) is 1. The van der Waals surface area contributed by atoms with Gasteiger partial charge in [-0.15, -0.1) is 0 Å². The van der Waals surface area contributed by atoms with Gasteiger partial charge in [0.25, 0.3) is 0 Å². The molecule has 3 aliphatic rings. The predicted molar refractivity (Wildman–Crippen MR) is 76.8 cm³/mol. The van der Waals surface area contributed by atoms with Crippen molar-refractivity contribution in [2.75, 3.05) is 13.1 Å². The SMILES string of the molecule is O=C(O)CCN(CC1CCC2(CCCCC2)O1)C1CC1. The van der Waals surface area contributed by atoms with Crippen LogP contribution in [0.25, 0.3) is 0 Å². The zero-order valence-corrected chi connectivity index (χ0v) is 12.4. The standard InChI is InChI=1S/C16H27NO3/c18-15(19)7-11-17(13-4-5-13)12-14-6-10-16(20-14)8-2-1-3-9-16/h13-14H,1-12H2,(H,18,19). The van der Waals surface area contributed by atoms with E-state index in [1.165, 1.54) is 51.4 Å². The summed E-state index contributed by atoms with van der Waals surface area (Å²) in [6.07, 6.45) is 11.9. The summed E-state index contributed by atoms with van der Waals surface area (Å²) in [6, 6.07) is 0.626. The predicted octanol–water partition coefficient (Wildman–Crippen LogP) is 2.81. The fraction of sp³-hybridized carbons (Fsp3) is 0.938. The lowest BCUT2D eigenvalue weighted by Crippen LogP contribution is -2.38. The second-order valence-corrected chi connectivity index (χ2v) is 6.89. The first-order valence-electron chi connectivity index (χ1n) is 8.31. The van der Waals surface area contributed by atoms with E-state index in [9.17, 15) is 4.79 Å². The Morgan fingerprint density at radius 1 is 1.15 bits per heavy atom. The number of carboxylic acids is 1. The van der Waals surface area contributed by atoms with Crippen LogP contribution in [-0.4, -0.2) is 46.8 Å². The second-order valence-electron chi connectivity index (χ2n) is 6.89. The number of ether oxygens (including phenoxy) is 1. The van der Waals surface area contributed by atoms with Crippen molar-refractivity contribution < 1.29 is 14.6 Å². The Hall–Kier alpha value is -0.610. The van der Waals surface area contributed by atoms with Crippen LogP contribution in [0.15, 0.2) is 0 Å². The number of nitrogens with zero attached hydrogens (tertiary/aromatic N) is 1. The summed E-state index contributed by atoms with van der Waals surface area (Å²) in [4.78, 5) is 13.1. The summed E-state index contributed by atoms with van der Waals surface area (Å²) in [5.74, 6) is -0.688. The van der Waals surface area contributed by atoms with Crippen LogP contribution in [0.5, 0.6) is 0 Å². The van der Waals surface area contributed by atoms with Crippen molar-refractivity contribution in [2.45, 2.75) is 82.0 Å². The molecule has 0 aromatic rings. The van der Waals surface area contributed by atoms with Crippen molar-refractivity contribution in [3.63, 3.8) is 0 Å². The van der Waals surface area contributed by atoms with Gasteiger partial charge in [0.2, 0.25) is 0 Å². The molecule has 1 saturated heterocycles. The number of hydrogen-bond acceptors (Lipinski definition) is 3. The van der Waals surface area contributed by atoms with Crippen LogP contribution in [0.3, 0.4) is 0 Å². The molecule has 1 atom stereocenters. The molecule has 1 aliphatic heterocycles. The molecule has 1 spiro atoms. The van der Waals surface area contributed by atoms with E-state index in [4.69, 9.17) is 9.84 Å². The van der Waals surface area contributed by atoms with E-state index in [2.05, 4.69) is 4.90 Å². The highest BCUT2D eigenvalue weighted by atomic mass is 16.5. The lowest BCUT2D eigenvalue weighted by molar-refractivity contribution is -0.137. The fourth-order valence-electron chi connectivity index (χ4n) is 3.95. The zero-order chi connectivity index (χ0) is 14.0. The Labute approximate surface area is 121 Å². The molecular formula is C16H27NO3. The molecule has 0 bridgehead atoms. The van der Waals surface area contributed by atoms with E-state index in [0.717, 1.165) is 13.0 Å². The van der Waals surface area contributed by atoms with E-state index >= 15 is 0 Å². The minimum Gasteiger partial charge on any atom is -0.481 e. The minimum absolute atomic E-state index is 0.185. The molecule has 2 aliphatic carbocycles. The minimum atomic E-state index is -0.688. The topological polar surface area (TPSA) is 49.8 Å². The monoisotopic (exact) mass is 281 g/mol. The molecule has 114 valence electrons. The van der Waals surface area contributed by atoms with Crippen LogP contribution < -0.4 is 0 Å². The summed E-state index contributed by atoms with van der Waals surface area (Å²) in [5, 5.41) is 8.87. The van der Waals surface area contributed by atoms with Gasteiger partial charge in [-0.1, -0.05) is 19.3 Å². The van der Waals surface area contributed by atoms with Crippen LogP contribution >= 0.6 is 0 Å². The summed E-state index contributed by atoms with van der Waals surface area (Å²) in [5.41, 5.74) is 0.185. The first kappa shape index (κ1) is 14.3. The van der Waals surface area contributed by atoms with Crippen LogP contribution in [0.1, 0.15) is 64.2 Å². The maximum atomic E-state index is 10.8. The number of rotatable bonds is 6. The Balaban J connectivity index is 1.50. The number of carbonyl (C=O) groups is 1. The molecular weight excluding hydrogens is 254 g/mol. The first-order chi connectivity index (χ1) is 9.67. The molecule has 1 heterocycles. The normalized spacial score (nSPS) is 29.1. The van der Waals surface area contributed by atoms with Gasteiger partial charge in [-0.05, 0) is 38.5 Å². The van der Waals surface area contributed by atoms with E-state index < -0.39 is 5.97 Å². The highest BCUT2D eigenvalue weighted by Crippen LogP contribution is 2.42. The summed E-state index contributed by atoms with van der Waals surface area (Å²) < 4.78 is 6.42. The molecule has 20 heavy (non-hydrogen) atoms. The largest absolute Gasteiger partial charge is 0.481 e. The first-order valence-corrected chi connectivity index (χ1v) is 8.31. The maximum absolute atomic E-state index is 10.8. The molecule has 0 amide bonds. The van der Waals surface area contributed by atoms with Crippen molar-refractivity contribution in [3.8, 4) is 0 Å². The molecule has 0 aromatic carbocycles. The highest BCUT2D eigenvalue weighted by molar-refractivity contribution is 5.66. The van der Waals surface area contributed by atoms with Crippen molar-refractivity contribution in [3.05, 3.63) is 0 Å². The van der Waals surface area contributed by atoms with Gasteiger partial charge in [0.15, 0.2) is 0 Å². The summed E-state index contributed by atoms with van der Waals surface area (Å²) in [6.45, 7) is 1.63. The van der Waals surface area contributed by atoms with E-state index in [-0.39, 0.29) is 12.0 Å². The van der Waals surface area contributed by atoms with Crippen LogP contribution in [-0.2, 0) is 9.53 Å². The molecule has 1 N–H and O–H groups in total. The molecule has 3 rings (SSSR count).